The molecule has 1 aliphatic rings. The van der Waals surface area contributed by atoms with Gasteiger partial charge < -0.3 is 5.11 Å². The van der Waals surface area contributed by atoms with Crippen LogP contribution in [-0.4, -0.2) is 21.0 Å². The van der Waals surface area contributed by atoms with Crippen molar-refractivity contribution >= 4 is 0 Å². The van der Waals surface area contributed by atoms with Crippen LogP contribution in [0.4, 0.5) is 0 Å². The van der Waals surface area contributed by atoms with Crippen molar-refractivity contribution in [3.05, 3.63) is 17.5 Å². The molecule has 0 aliphatic heterocycles. The van der Waals surface area contributed by atoms with E-state index < -0.39 is 0 Å². The number of nitrogens with zero attached hydrogens (tertiary/aromatic N) is 2. The van der Waals surface area contributed by atoms with Gasteiger partial charge >= 0.3 is 0 Å². The minimum atomic E-state index is -0.205. The number of hydrogen-bond donors (Lipinski definition) is 1. The van der Waals surface area contributed by atoms with E-state index in [4.69, 9.17) is 0 Å². The molecule has 114 valence electrons. The molecule has 0 bridgehead atoms. The molecule has 1 saturated carbocycles. The number of rotatable bonds is 7. The van der Waals surface area contributed by atoms with E-state index in [1.165, 1.54) is 44.2 Å². The van der Waals surface area contributed by atoms with Gasteiger partial charge in [-0.3, -0.25) is 4.68 Å². The Hall–Kier alpha value is -0.830. The van der Waals surface area contributed by atoms with Crippen molar-refractivity contribution in [1.82, 2.24) is 9.78 Å². The van der Waals surface area contributed by atoms with E-state index >= 15 is 0 Å². The maximum absolute atomic E-state index is 10.3. The van der Waals surface area contributed by atoms with Crippen LogP contribution >= 0.6 is 0 Å². The molecular formula is C17H30N2O. The van der Waals surface area contributed by atoms with Crippen LogP contribution in [0.2, 0.25) is 0 Å². The van der Waals surface area contributed by atoms with E-state index in [-0.39, 0.29) is 6.10 Å². The fourth-order valence-electron chi connectivity index (χ4n) is 3.37. The first kappa shape index (κ1) is 15.6. The largest absolute Gasteiger partial charge is 0.393 e. The van der Waals surface area contributed by atoms with E-state index in [2.05, 4.69) is 25.0 Å². The summed E-state index contributed by atoms with van der Waals surface area (Å²) < 4.78 is 2.04. The Morgan fingerprint density at radius 3 is 2.70 bits per heavy atom. The lowest BCUT2D eigenvalue weighted by Crippen LogP contribution is -2.16. The van der Waals surface area contributed by atoms with Gasteiger partial charge in [-0.2, -0.15) is 5.10 Å². The lowest BCUT2D eigenvalue weighted by atomic mass is 9.85. The highest BCUT2D eigenvalue weighted by Gasteiger charge is 2.16. The third-order valence-corrected chi connectivity index (χ3v) is 4.65. The van der Waals surface area contributed by atoms with Crippen LogP contribution < -0.4 is 0 Å². The summed E-state index contributed by atoms with van der Waals surface area (Å²) in [5, 5.41) is 14.8. The SMILES string of the molecule is CCc1cc(CC(O)CCC2CCCCC2)n(CC)n1. The van der Waals surface area contributed by atoms with E-state index in [1.54, 1.807) is 0 Å². The summed E-state index contributed by atoms with van der Waals surface area (Å²) in [5.74, 6) is 0.862. The maximum atomic E-state index is 10.3. The van der Waals surface area contributed by atoms with Gasteiger partial charge in [0.1, 0.15) is 0 Å². The molecule has 1 aliphatic carbocycles. The number of aliphatic hydroxyl groups excluding tert-OH is 1. The molecule has 1 atom stereocenters. The molecule has 0 radical (unpaired) electrons. The van der Waals surface area contributed by atoms with E-state index in [1.807, 2.05) is 4.68 Å². The van der Waals surface area contributed by atoms with Crippen molar-refractivity contribution in [2.24, 2.45) is 5.92 Å². The molecule has 1 heterocycles. The minimum absolute atomic E-state index is 0.205. The predicted molar refractivity (Wildman–Crippen MR) is 82.8 cm³/mol. The highest BCUT2D eigenvalue weighted by Crippen LogP contribution is 2.28. The van der Waals surface area contributed by atoms with Gasteiger partial charge in [-0.25, -0.2) is 0 Å². The molecule has 3 heteroatoms. The fourth-order valence-corrected chi connectivity index (χ4v) is 3.37. The summed E-state index contributed by atoms with van der Waals surface area (Å²) in [6.07, 6.45) is 10.6. The third kappa shape index (κ3) is 4.34. The zero-order valence-electron chi connectivity index (χ0n) is 13.1. The summed E-state index contributed by atoms with van der Waals surface area (Å²) in [5.41, 5.74) is 2.34. The molecule has 1 N–H and O–H groups in total. The van der Waals surface area contributed by atoms with Crippen LogP contribution in [0.3, 0.4) is 0 Å². The second kappa shape index (κ2) is 7.82. The van der Waals surface area contributed by atoms with Crippen LogP contribution in [-0.2, 0) is 19.4 Å². The smallest absolute Gasteiger partial charge is 0.0624 e. The topological polar surface area (TPSA) is 38.0 Å². The molecular weight excluding hydrogens is 248 g/mol. The average molecular weight is 278 g/mol. The summed E-state index contributed by atoms with van der Waals surface area (Å²) in [4.78, 5) is 0. The van der Waals surface area contributed by atoms with E-state index in [0.717, 1.165) is 37.4 Å². The van der Waals surface area contributed by atoms with Gasteiger partial charge in [0, 0.05) is 18.7 Å². The molecule has 0 aromatic carbocycles. The summed E-state index contributed by atoms with van der Waals surface area (Å²) in [6.45, 7) is 5.14. The lowest BCUT2D eigenvalue weighted by molar-refractivity contribution is 0.147. The maximum Gasteiger partial charge on any atom is 0.0624 e. The molecule has 0 saturated heterocycles. The Bertz CT molecular complexity index is 394. The van der Waals surface area contributed by atoms with E-state index in [0.29, 0.717) is 0 Å². The first-order valence-corrected chi connectivity index (χ1v) is 8.46. The van der Waals surface area contributed by atoms with Gasteiger partial charge in [-0.15, -0.1) is 0 Å². The monoisotopic (exact) mass is 278 g/mol. The van der Waals surface area contributed by atoms with Crippen LogP contribution in [0.25, 0.3) is 0 Å². The summed E-state index contributed by atoms with van der Waals surface area (Å²) >= 11 is 0. The molecule has 0 amide bonds. The molecule has 1 unspecified atom stereocenters. The Balaban J connectivity index is 1.81. The number of aromatic nitrogens is 2. The Kier molecular flexibility index (Phi) is 6.08. The van der Waals surface area contributed by atoms with Crippen molar-refractivity contribution in [2.45, 2.75) is 84.3 Å². The first-order chi connectivity index (χ1) is 9.72. The Labute approximate surface area is 123 Å². The second-order valence-electron chi connectivity index (χ2n) is 6.24. The van der Waals surface area contributed by atoms with Gasteiger partial charge in [0.15, 0.2) is 0 Å². The molecule has 3 nitrogen and oxygen atoms in total. The number of aryl methyl sites for hydroxylation is 2. The highest BCUT2D eigenvalue weighted by molar-refractivity contribution is 5.11. The average Bonchev–Trinajstić information content (AvgIpc) is 2.88. The predicted octanol–water partition coefficient (Wildman–Crippen LogP) is 3.73. The number of hydrogen-bond acceptors (Lipinski definition) is 2. The van der Waals surface area contributed by atoms with Crippen LogP contribution in [0.1, 0.15) is 70.2 Å². The summed E-state index contributed by atoms with van der Waals surface area (Å²) in [7, 11) is 0. The Morgan fingerprint density at radius 1 is 1.30 bits per heavy atom. The van der Waals surface area contributed by atoms with Crippen molar-refractivity contribution in [1.29, 1.82) is 0 Å². The third-order valence-electron chi connectivity index (χ3n) is 4.65. The number of aliphatic hydroxyl groups is 1. The summed E-state index contributed by atoms with van der Waals surface area (Å²) in [6, 6.07) is 2.16. The van der Waals surface area contributed by atoms with Crippen LogP contribution in [0.15, 0.2) is 6.07 Å². The molecule has 2 rings (SSSR count). The minimum Gasteiger partial charge on any atom is -0.393 e. The van der Waals surface area contributed by atoms with Crippen molar-refractivity contribution in [3.63, 3.8) is 0 Å². The van der Waals surface area contributed by atoms with E-state index in [9.17, 15) is 5.11 Å². The van der Waals surface area contributed by atoms with Gasteiger partial charge in [0.05, 0.1) is 11.8 Å². The fraction of sp³-hybridized carbons (Fsp3) is 0.824. The zero-order valence-corrected chi connectivity index (χ0v) is 13.1. The Morgan fingerprint density at radius 2 is 2.05 bits per heavy atom. The second-order valence-corrected chi connectivity index (χ2v) is 6.24. The molecule has 1 aromatic rings. The van der Waals surface area contributed by atoms with Gasteiger partial charge in [0.2, 0.25) is 0 Å². The molecule has 1 fully saturated rings. The highest BCUT2D eigenvalue weighted by atomic mass is 16.3. The molecule has 20 heavy (non-hydrogen) atoms. The first-order valence-electron chi connectivity index (χ1n) is 8.46. The van der Waals surface area contributed by atoms with Crippen LogP contribution in [0, 0.1) is 5.92 Å². The van der Waals surface area contributed by atoms with Crippen molar-refractivity contribution in [3.8, 4) is 0 Å². The van der Waals surface area contributed by atoms with Gasteiger partial charge in [-0.1, -0.05) is 39.0 Å². The quantitative estimate of drug-likeness (QED) is 0.825. The lowest BCUT2D eigenvalue weighted by Gasteiger charge is -2.22. The molecule has 1 aromatic heterocycles. The van der Waals surface area contributed by atoms with Crippen molar-refractivity contribution in [2.75, 3.05) is 0 Å². The van der Waals surface area contributed by atoms with Gasteiger partial charge in [-0.05, 0) is 38.2 Å². The zero-order chi connectivity index (χ0) is 14.4. The molecule has 0 spiro atoms. The van der Waals surface area contributed by atoms with Crippen LogP contribution in [0.5, 0.6) is 0 Å². The van der Waals surface area contributed by atoms with Gasteiger partial charge in [0.25, 0.3) is 0 Å². The van der Waals surface area contributed by atoms with Crippen molar-refractivity contribution < 1.29 is 5.11 Å². The normalized spacial score (nSPS) is 18.4. The standard InChI is InChI=1S/C17H30N2O/c1-3-15-12-16(19(4-2)18-15)13-17(20)11-10-14-8-6-5-7-9-14/h12,14,17,20H,3-11,13H2,1-2H3.